The monoisotopic (exact) mass is 696 g/mol. The van der Waals surface area contributed by atoms with Crippen LogP contribution in [0.3, 0.4) is 0 Å². The van der Waals surface area contributed by atoms with Gasteiger partial charge in [0, 0.05) is 17.4 Å². The maximum atomic E-state index is 14.1. The molecule has 0 unspecified atom stereocenters. The van der Waals surface area contributed by atoms with E-state index >= 15 is 0 Å². The molecule has 0 spiro atoms. The number of thiazole rings is 1. The number of nitrogens with zero attached hydrogens (tertiary/aromatic N) is 2. The first-order valence-electron chi connectivity index (χ1n) is 15.3. The van der Waals surface area contributed by atoms with Crippen molar-refractivity contribution in [2.45, 2.75) is 90.3 Å². The van der Waals surface area contributed by atoms with E-state index in [-0.39, 0.29) is 37.4 Å². The fraction of sp³-hybridized carbons (Fsp3) is 0.471. The quantitative estimate of drug-likeness (QED) is 0.265. The number of ether oxygens (including phenoxy) is 1. The number of β-amino-alcohol motifs (C(OH)–C–C–N with tert-alkyl or cyclic N) is 1. The Morgan fingerprint density at radius 1 is 1.11 bits per heavy atom. The highest BCUT2D eigenvalue weighted by Crippen LogP contribution is 2.41. The molecule has 2 heterocycles. The Morgan fingerprint density at radius 3 is 2.36 bits per heavy atom. The molecule has 1 saturated heterocycles. The van der Waals surface area contributed by atoms with Crippen LogP contribution in [0.4, 0.5) is 0 Å². The lowest BCUT2D eigenvalue weighted by molar-refractivity contribution is -0.147. The number of hydrogen-bond acceptors (Lipinski definition) is 7. The molecular weight excluding hydrogens is 656 g/mol. The minimum absolute atomic E-state index is 0.0157. The van der Waals surface area contributed by atoms with Gasteiger partial charge in [0.25, 0.3) is 5.91 Å². The van der Waals surface area contributed by atoms with Gasteiger partial charge in [0.15, 0.2) is 0 Å². The summed E-state index contributed by atoms with van der Waals surface area (Å²) in [4.78, 5) is 48.0. The van der Waals surface area contributed by atoms with Crippen molar-refractivity contribution in [1.82, 2.24) is 20.5 Å². The van der Waals surface area contributed by atoms with Crippen LogP contribution in [0, 0.1) is 12.3 Å². The number of rotatable bonds is 10. The van der Waals surface area contributed by atoms with Crippen LogP contribution in [0.5, 0.6) is 0 Å². The molecule has 9 nitrogen and oxygen atoms in total. The van der Waals surface area contributed by atoms with E-state index in [2.05, 4.69) is 31.5 Å². The Morgan fingerprint density at radius 2 is 1.78 bits per heavy atom. The van der Waals surface area contributed by atoms with E-state index < -0.39 is 35.1 Å². The normalized spacial score (nSPS) is 20.4. The van der Waals surface area contributed by atoms with Crippen molar-refractivity contribution in [3.8, 4) is 10.4 Å². The number of aliphatic hydroxyl groups is 1. The fourth-order valence-electron chi connectivity index (χ4n) is 5.63. The lowest BCUT2D eigenvalue weighted by Gasteiger charge is -2.36. The van der Waals surface area contributed by atoms with Crippen molar-refractivity contribution in [3.63, 3.8) is 0 Å². The van der Waals surface area contributed by atoms with Crippen molar-refractivity contribution in [1.29, 1.82) is 0 Å². The lowest BCUT2D eigenvalue weighted by atomic mass is 9.85. The number of aryl methyl sites for hydroxylation is 1. The summed E-state index contributed by atoms with van der Waals surface area (Å²) in [6.07, 6.45) is 0.411. The Hall–Kier alpha value is -3.12. The van der Waals surface area contributed by atoms with Crippen LogP contribution in [0.1, 0.15) is 69.8 Å². The van der Waals surface area contributed by atoms with E-state index in [1.54, 1.807) is 11.3 Å². The molecule has 2 aliphatic rings. The standard InChI is InChI=1S/C34H41BrN4O5S/c1-20(23-8-10-24(11-9-23)28-21(2)36-19-45-28)37-30(41)27-16-26(40)17-39(27)31(42)29(33(3,4)5)38-32(43)34(14-15-34)44-18-22-6-12-25(35)13-7-22/h6-13,19-20,26-27,29,40H,14-18H2,1-5H3,(H,37,41)(H,38,43)/t20-,26+,27-,29+/m0/s1. The summed E-state index contributed by atoms with van der Waals surface area (Å²) in [6.45, 7) is 9.79. The zero-order chi connectivity index (χ0) is 32.5. The second-order valence-corrected chi connectivity index (χ2v) is 15.0. The fourth-order valence-corrected chi connectivity index (χ4v) is 6.71. The largest absolute Gasteiger partial charge is 0.391 e. The molecule has 240 valence electrons. The molecule has 5 rings (SSSR count). The van der Waals surface area contributed by atoms with Crippen molar-refractivity contribution in [2.24, 2.45) is 5.41 Å². The summed E-state index contributed by atoms with van der Waals surface area (Å²) in [5.74, 6) is -1.07. The van der Waals surface area contributed by atoms with Gasteiger partial charge < -0.3 is 25.4 Å². The summed E-state index contributed by atoms with van der Waals surface area (Å²) in [6, 6.07) is 13.6. The summed E-state index contributed by atoms with van der Waals surface area (Å²) in [5, 5.41) is 16.6. The first-order valence-corrected chi connectivity index (χ1v) is 16.9. The van der Waals surface area contributed by atoms with Gasteiger partial charge in [-0.15, -0.1) is 11.3 Å². The van der Waals surface area contributed by atoms with Crippen LogP contribution >= 0.6 is 27.3 Å². The Kier molecular flexibility index (Phi) is 9.84. The van der Waals surface area contributed by atoms with Crippen LogP contribution in [0.2, 0.25) is 0 Å². The topological polar surface area (TPSA) is 121 Å². The highest BCUT2D eigenvalue weighted by molar-refractivity contribution is 9.10. The molecular formula is C34H41BrN4O5S. The first kappa shape index (κ1) is 33.2. The van der Waals surface area contributed by atoms with Gasteiger partial charge in [0.2, 0.25) is 11.8 Å². The number of benzene rings is 2. The van der Waals surface area contributed by atoms with E-state index in [9.17, 15) is 19.5 Å². The van der Waals surface area contributed by atoms with Crippen LogP contribution in [0.25, 0.3) is 10.4 Å². The Labute approximate surface area is 276 Å². The average Bonchev–Trinajstić information content (AvgIpc) is 3.51. The first-order chi connectivity index (χ1) is 21.3. The molecule has 1 aliphatic heterocycles. The van der Waals surface area contributed by atoms with E-state index in [4.69, 9.17) is 4.74 Å². The third kappa shape index (κ3) is 7.65. The summed E-state index contributed by atoms with van der Waals surface area (Å²) in [7, 11) is 0. The minimum atomic E-state index is -0.984. The van der Waals surface area contributed by atoms with Crippen LogP contribution in [0.15, 0.2) is 58.5 Å². The molecule has 3 N–H and O–H groups in total. The second kappa shape index (κ2) is 13.3. The highest BCUT2D eigenvalue weighted by atomic mass is 79.9. The molecule has 1 aromatic heterocycles. The molecule has 45 heavy (non-hydrogen) atoms. The maximum absolute atomic E-state index is 14.1. The number of carbonyl (C=O) groups is 3. The van der Waals surface area contributed by atoms with E-state index in [1.165, 1.54) is 4.90 Å². The van der Waals surface area contributed by atoms with Gasteiger partial charge in [0.1, 0.15) is 17.7 Å². The molecule has 3 aromatic rings. The summed E-state index contributed by atoms with van der Waals surface area (Å²) in [5.41, 5.74) is 4.09. The number of carbonyl (C=O) groups excluding carboxylic acids is 3. The average molecular weight is 698 g/mol. The maximum Gasteiger partial charge on any atom is 0.252 e. The number of amides is 3. The smallest absolute Gasteiger partial charge is 0.252 e. The van der Waals surface area contributed by atoms with E-state index in [0.717, 1.165) is 31.7 Å². The van der Waals surface area contributed by atoms with Gasteiger partial charge in [-0.05, 0) is 60.9 Å². The summed E-state index contributed by atoms with van der Waals surface area (Å²) < 4.78 is 7.04. The van der Waals surface area contributed by atoms with Crippen molar-refractivity contribution in [2.75, 3.05) is 6.54 Å². The third-order valence-corrected chi connectivity index (χ3v) is 10.1. The van der Waals surface area contributed by atoms with Crippen molar-refractivity contribution in [3.05, 3.63) is 75.3 Å². The minimum Gasteiger partial charge on any atom is -0.391 e. The van der Waals surface area contributed by atoms with Crippen molar-refractivity contribution >= 4 is 45.0 Å². The number of likely N-dealkylation sites (tertiary alicyclic amines) is 1. The van der Waals surface area contributed by atoms with Crippen LogP contribution < -0.4 is 10.6 Å². The third-order valence-electron chi connectivity index (χ3n) is 8.58. The zero-order valence-corrected chi connectivity index (χ0v) is 28.7. The summed E-state index contributed by atoms with van der Waals surface area (Å²) >= 11 is 5.01. The lowest BCUT2D eigenvalue weighted by Crippen LogP contribution is -2.59. The Bertz CT molecular complexity index is 1530. The van der Waals surface area contributed by atoms with Gasteiger partial charge in [-0.2, -0.15) is 0 Å². The van der Waals surface area contributed by atoms with Crippen LogP contribution in [-0.4, -0.2) is 63.0 Å². The number of aromatic nitrogens is 1. The van der Waals surface area contributed by atoms with Gasteiger partial charge in [-0.25, -0.2) is 4.98 Å². The molecule has 2 fully saturated rings. The van der Waals surface area contributed by atoms with E-state index in [0.29, 0.717) is 12.8 Å². The number of hydrogen-bond donors (Lipinski definition) is 3. The predicted octanol–water partition coefficient (Wildman–Crippen LogP) is 5.30. The number of halogens is 1. The molecule has 0 radical (unpaired) electrons. The van der Waals surface area contributed by atoms with Crippen molar-refractivity contribution < 1.29 is 24.2 Å². The second-order valence-electron chi connectivity index (χ2n) is 13.2. The van der Waals surface area contributed by atoms with Gasteiger partial charge >= 0.3 is 0 Å². The number of aliphatic hydroxyl groups excluding tert-OH is 1. The number of nitrogens with one attached hydrogen (secondary N) is 2. The van der Waals surface area contributed by atoms with Gasteiger partial charge in [0.05, 0.1) is 34.8 Å². The zero-order valence-electron chi connectivity index (χ0n) is 26.3. The molecule has 2 aromatic carbocycles. The SMILES string of the molecule is Cc1ncsc1-c1ccc([C@H](C)NC(=O)[C@@H]2C[C@@H](O)CN2C(=O)[C@@H](NC(=O)C2(OCc3ccc(Br)cc3)CC2)C(C)(C)C)cc1. The molecule has 1 saturated carbocycles. The van der Waals surface area contributed by atoms with Gasteiger partial charge in [-0.3, -0.25) is 14.4 Å². The Balaban J connectivity index is 1.24. The molecule has 0 bridgehead atoms. The van der Waals surface area contributed by atoms with Gasteiger partial charge in [-0.1, -0.05) is 73.1 Å². The van der Waals surface area contributed by atoms with E-state index in [1.807, 2.05) is 88.7 Å². The molecule has 1 aliphatic carbocycles. The molecule has 3 amide bonds. The van der Waals surface area contributed by atoms with Crippen LogP contribution in [-0.2, 0) is 25.7 Å². The predicted molar refractivity (Wildman–Crippen MR) is 177 cm³/mol. The molecule has 11 heteroatoms. The molecule has 4 atom stereocenters. The highest BCUT2D eigenvalue weighted by Gasteiger charge is 2.54.